The molecule has 1 rings (SSSR count). The molecule has 4 heteroatoms. The second-order valence-electron chi connectivity index (χ2n) is 6.05. The highest BCUT2D eigenvalue weighted by atomic mass is 16.3. The van der Waals surface area contributed by atoms with Crippen LogP contribution >= 0.6 is 0 Å². The number of hydrogen-bond acceptors (Lipinski definition) is 3. The molecule has 1 saturated heterocycles. The summed E-state index contributed by atoms with van der Waals surface area (Å²) >= 11 is 0. The van der Waals surface area contributed by atoms with Crippen LogP contribution in [-0.2, 0) is 4.79 Å². The molecule has 0 aliphatic carbocycles. The Balaban J connectivity index is 2.37. The van der Waals surface area contributed by atoms with E-state index in [9.17, 15) is 4.79 Å². The summed E-state index contributed by atoms with van der Waals surface area (Å²) < 4.78 is 0. The Bertz CT molecular complexity index is 269. The van der Waals surface area contributed by atoms with Crippen LogP contribution < -0.4 is 5.32 Å². The molecule has 2 atom stereocenters. The van der Waals surface area contributed by atoms with E-state index in [2.05, 4.69) is 24.1 Å². The van der Waals surface area contributed by atoms with Crippen molar-refractivity contribution in [3.8, 4) is 0 Å². The second kappa shape index (κ2) is 8.54. The van der Waals surface area contributed by atoms with Crippen LogP contribution in [0.3, 0.4) is 0 Å². The number of hydrogen-bond donors (Lipinski definition) is 2. The predicted molar refractivity (Wildman–Crippen MR) is 78.0 cm³/mol. The van der Waals surface area contributed by atoms with E-state index in [0.717, 1.165) is 38.8 Å². The largest absolute Gasteiger partial charge is 0.396 e. The smallest absolute Gasteiger partial charge is 0.237 e. The molecule has 1 amide bonds. The Kier molecular flexibility index (Phi) is 7.39. The number of nitrogens with one attached hydrogen (secondary N) is 1. The van der Waals surface area contributed by atoms with Gasteiger partial charge < -0.3 is 10.4 Å². The molecule has 1 fully saturated rings. The molecular formula is C15H30N2O2. The number of likely N-dealkylation sites (tertiary alicyclic amines) is 1. The van der Waals surface area contributed by atoms with Crippen LogP contribution in [-0.4, -0.2) is 47.7 Å². The van der Waals surface area contributed by atoms with Gasteiger partial charge in [-0.1, -0.05) is 13.8 Å². The van der Waals surface area contributed by atoms with Crippen LogP contribution in [0.25, 0.3) is 0 Å². The average molecular weight is 270 g/mol. The molecule has 0 aromatic carbocycles. The number of aliphatic hydroxyl groups excluding tert-OH is 1. The molecule has 0 saturated carbocycles. The lowest BCUT2D eigenvalue weighted by Gasteiger charge is -2.29. The third-order valence-corrected chi connectivity index (χ3v) is 4.02. The maximum absolute atomic E-state index is 12.1. The molecular weight excluding hydrogens is 240 g/mol. The lowest BCUT2D eigenvalue weighted by molar-refractivity contribution is -0.126. The van der Waals surface area contributed by atoms with Gasteiger partial charge >= 0.3 is 0 Å². The zero-order valence-corrected chi connectivity index (χ0v) is 12.7. The van der Waals surface area contributed by atoms with E-state index in [1.54, 1.807) is 0 Å². The maximum atomic E-state index is 12.1. The number of carbonyl (C=O) groups is 1. The number of rotatable bonds is 8. The minimum Gasteiger partial charge on any atom is -0.396 e. The first-order valence-electron chi connectivity index (χ1n) is 7.70. The number of aliphatic hydroxyl groups is 1. The van der Waals surface area contributed by atoms with Crippen LogP contribution in [0.1, 0.15) is 52.9 Å². The first-order chi connectivity index (χ1) is 9.06. The third-order valence-electron chi connectivity index (χ3n) is 4.02. The Morgan fingerprint density at radius 3 is 2.79 bits per heavy atom. The average Bonchev–Trinajstić information content (AvgIpc) is 2.82. The fraction of sp³-hybridized carbons (Fsp3) is 0.933. The van der Waals surface area contributed by atoms with Gasteiger partial charge in [0.2, 0.25) is 5.91 Å². The van der Waals surface area contributed by atoms with E-state index < -0.39 is 0 Å². The van der Waals surface area contributed by atoms with Crippen molar-refractivity contribution in [2.24, 2.45) is 5.92 Å². The highest BCUT2D eigenvalue weighted by Crippen LogP contribution is 2.23. The lowest BCUT2D eigenvalue weighted by Crippen LogP contribution is -2.47. The van der Waals surface area contributed by atoms with E-state index in [4.69, 9.17) is 5.11 Å². The molecule has 1 aliphatic heterocycles. The maximum Gasteiger partial charge on any atom is 0.237 e. The van der Waals surface area contributed by atoms with Gasteiger partial charge in [0, 0.05) is 19.2 Å². The quantitative estimate of drug-likeness (QED) is 0.707. The van der Waals surface area contributed by atoms with Gasteiger partial charge in [0.15, 0.2) is 0 Å². The summed E-state index contributed by atoms with van der Waals surface area (Å²) in [7, 11) is 0. The first kappa shape index (κ1) is 16.4. The summed E-state index contributed by atoms with van der Waals surface area (Å²) in [6.07, 6.45) is 5.19. The van der Waals surface area contributed by atoms with Gasteiger partial charge in [-0.25, -0.2) is 0 Å². The Labute approximate surface area is 117 Å². The first-order valence-corrected chi connectivity index (χ1v) is 7.70. The van der Waals surface area contributed by atoms with Gasteiger partial charge in [-0.05, 0) is 51.5 Å². The Morgan fingerprint density at radius 2 is 2.16 bits per heavy atom. The van der Waals surface area contributed by atoms with E-state index in [1.165, 1.54) is 6.42 Å². The molecule has 2 N–H and O–H groups in total. The van der Waals surface area contributed by atoms with Crippen molar-refractivity contribution in [2.75, 3.05) is 19.7 Å². The highest BCUT2D eigenvalue weighted by Gasteiger charge is 2.31. The number of amides is 1. The van der Waals surface area contributed by atoms with Crippen LogP contribution in [0.4, 0.5) is 0 Å². The van der Waals surface area contributed by atoms with Gasteiger partial charge in [0.25, 0.3) is 0 Å². The van der Waals surface area contributed by atoms with Crippen LogP contribution in [0.5, 0.6) is 0 Å². The number of carbonyl (C=O) groups excluding carboxylic acids is 1. The Morgan fingerprint density at radius 1 is 1.42 bits per heavy atom. The summed E-state index contributed by atoms with van der Waals surface area (Å²) in [5, 5.41) is 12.0. The van der Waals surface area contributed by atoms with Crippen LogP contribution in [0, 0.1) is 5.92 Å². The standard InChI is InChI=1S/C15H30N2O2/c1-12(2)8-9-16-15(19)13(3)17-10-4-6-14(17)7-5-11-18/h12-14,18H,4-11H2,1-3H3,(H,16,19). The van der Waals surface area contributed by atoms with Crippen molar-refractivity contribution >= 4 is 5.91 Å². The van der Waals surface area contributed by atoms with Gasteiger partial charge in [0.1, 0.15) is 0 Å². The van der Waals surface area contributed by atoms with Crippen molar-refractivity contribution in [1.29, 1.82) is 0 Å². The van der Waals surface area contributed by atoms with Crippen LogP contribution in [0.2, 0.25) is 0 Å². The van der Waals surface area contributed by atoms with Crippen molar-refractivity contribution in [3.63, 3.8) is 0 Å². The topological polar surface area (TPSA) is 52.6 Å². The van der Waals surface area contributed by atoms with Gasteiger partial charge in [-0.3, -0.25) is 9.69 Å². The molecule has 19 heavy (non-hydrogen) atoms. The zero-order valence-electron chi connectivity index (χ0n) is 12.7. The minimum absolute atomic E-state index is 0.0432. The fourth-order valence-electron chi connectivity index (χ4n) is 2.79. The molecule has 112 valence electrons. The monoisotopic (exact) mass is 270 g/mol. The molecule has 0 spiro atoms. The normalized spacial score (nSPS) is 21.8. The molecule has 0 aromatic heterocycles. The summed E-state index contributed by atoms with van der Waals surface area (Å²) in [4.78, 5) is 14.4. The van der Waals surface area contributed by atoms with E-state index >= 15 is 0 Å². The van der Waals surface area contributed by atoms with Gasteiger partial charge in [-0.15, -0.1) is 0 Å². The third kappa shape index (κ3) is 5.49. The van der Waals surface area contributed by atoms with Crippen molar-refractivity contribution in [1.82, 2.24) is 10.2 Å². The predicted octanol–water partition coefficient (Wildman–Crippen LogP) is 1.77. The van der Waals surface area contributed by atoms with Crippen molar-refractivity contribution < 1.29 is 9.90 Å². The zero-order chi connectivity index (χ0) is 14.3. The summed E-state index contributed by atoms with van der Waals surface area (Å²) in [6, 6.07) is 0.427. The molecule has 0 bridgehead atoms. The van der Waals surface area contributed by atoms with Crippen LogP contribution in [0.15, 0.2) is 0 Å². The summed E-state index contributed by atoms with van der Waals surface area (Å²) in [5.74, 6) is 0.774. The SMILES string of the molecule is CC(C)CCNC(=O)C(C)N1CCCC1CCCO. The van der Waals surface area contributed by atoms with E-state index in [-0.39, 0.29) is 18.6 Å². The van der Waals surface area contributed by atoms with Crippen molar-refractivity contribution in [3.05, 3.63) is 0 Å². The molecule has 0 radical (unpaired) electrons. The van der Waals surface area contributed by atoms with E-state index in [0.29, 0.717) is 12.0 Å². The minimum atomic E-state index is -0.0432. The van der Waals surface area contributed by atoms with Gasteiger partial charge in [-0.2, -0.15) is 0 Å². The summed E-state index contributed by atoms with van der Waals surface area (Å²) in [6.45, 7) is 8.37. The van der Waals surface area contributed by atoms with Gasteiger partial charge in [0.05, 0.1) is 6.04 Å². The molecule has 0 aromatic rings. The molecule has 4 nitrogen and oxygen atoms in total. The molecule has 1 heterocycles. The van der Waals surface area contributed by atoms with Crippen molar-refractivity contribution in [2.45, 2.75) is 65.0 Å². The van der Waals surface area contributed by atoms with E-state index in [1.807, 2.05) is 6.92 Å². The lowest BCUT2D eigenvalue weighted by atomic mass is 10.1. The molecule has 1 aliphatic rings. The summed E-state index contributed by atoms with van der Waals surface area (Å²) in [5.41, 5.74) is 0. The highest BCUT2D eigenvalue weighted by molar-refractivity contribution is 5.81. The fourth-order valence-corrected chi connectivity index (χ4v) is 2.79. The second-order valence-corrected chi connectivity index (χ2v) is 6.05. The molecule has 2 unspecified atom stereocenters. The number of nitrogens with zero attached hydrogens (tertiary/aromatic N) is 1. The Hall–Kier alpha value is -0.610.